The van der Waals surface area contributed by atoms with Crippen molar-refractivity contribution in [1.29, 1.82) is 0 Å². The highest BCUT2D eigenvalue weighted by Gasteiger charge is 2.41. The van der Waals surface area contributed by atoms with Crippen LogP contribution in [0, 0.1) is 0 Å². The van der Waals surface area contributed by atoms with Gasteiger partial charge < -0.3 is 10.5 Å². The van der Waals surface area contributed by atoms with Gasteiger partial charge in [-0.05, 0) is 26.0 Å². The second-order valence-electron chi connectivity index (χ2n) is 5.13. The standard InChI is InChI=1S/C15H15N3O6/c1-7(14(22)24-8(2)11(19)17-15(16)23)18-12(20)9-5-3-4-6-10(9)13(18)21/h3-8H,1-2H3,(H3,16,17,19,23). The molecule has 9 heteroatoms. The molecule has 0 bridgehead atoms. The number of amides is 5. The lowest BCUT2D eigenvalue weighted by Gasteiger charge is -2.22. The minimum absolute atomic E-state index is 0.196. The molecule has 0 saturated carbocycles. The number of nitrogens with one attached hydrogen (secondary N) is 1. The lowest BCUT2D eigenvalue weighted by atomic mass is 10.1. The molecule has 0 spiro atoms. The molecule has 1 aromatic rings. The molecule has 0 fully saturated rings. The molecule has 1 heterocycles. The molecule has 2 unspecified atom stereocenters. The van der Waals surface area contributed by atoms with Crippen LogP contribution in [-0.4, -0.2) is 46.8 Å². The highest BCUT2D eigenvalue weighted by atomic mass is 16.5. The Hall–Kier alpha value is -3.23. The van der Waals surface area contributed by atoms with E-state index in [-0.39, 0.29) is 11.1 Å². The molecular formula is C15H15N3O6. The molecule has 0 aliphatic carbocycles. The maximum absolute atomic E-state index is 12.3. The van der Waals surface area contributed by atoms with Crippen LogP contribution in [0.1, 0.15) is 34.6 Å². The van der Waals surface area contributed by atoms with Crippen molar-refractivity contribution < 1.29 is 28.7 Å². The maximum Gasteiger partial charge on any atom is 0.329 e. The molecule has 1 aliphatic heterocycles. The van der Waals surface area contributed by atoms with Crippen molar-refractivity contribution in [3.05, 3.63) is 35.4 Å². The number of rotatable bonds is 4. The minimum atomic E-state index is -1.32. The predicted molar refractivity (Wildman–Crippen MR) is 79.7 cm³/mol. The number of carbonyl (C=O) groups is 5. The molecule has 2 atom stereocenters. The number of benzene rings is 1. The van der Waals surface area contributed by atoms with Crippen molar-refractivity contribution in [2.45, 2.75) is 26.0 Å². The van der Waals surface area contributed by atoms with Gasteiger partial charge in [0.1, 0.15) is 6.04 Å². The smallest absolute Gasteiger partial charge is 0.329 e. The van der Waals surface area contributed by atoms with Gasteiger partial charge in [0.2, 0.25) is 0 Å². The van der Waals surface area contributed by atoms with Crippen LogP contribution >= 0.6 is 0 Å². The van der Waals surface area contributed by atoms with Gasteiger partial charge in [-0.3, -0.25) is 24.6 Å². The first-order valence-corrected chi connectivity index (χ1v) is 7.01. The molecule has 2 rings (SSSR count). The number of esters is 1. The van der Waals surface area contributed by atoms with E-state index >= 15 is 0 Å². The van der Waals surface area contributed by atoms with E-state index in [2.05, 4.69) is 0 Å². The molecule has 1 aromatic carbocycles. The molecule has 9 nitrogen and oxygen atoms in total. The van der Waals surface area contributed by atoms with Gasteiger partial charge in [0.25, 0.3) is 17.7 Å². The van der Waals surface area contributed by atoms with Gasteiger partial charge in [-0.25, -0.2) is 9.59 Å². The topological polar surface area (TPSA) is 136 Å². The summed E-state index contributed by atoms with van der Waals surface area (Å²) >= 11 is 0. The van der Waals surface area contributed by atoms with E-state index in [1.807, 2.05) is 0 Å². The zero-order valence-corrected chi connectivity index (χ0v) is 12.9. The molecule has 0 radical (unpaired) electrons. The van der Waals surface area contributed by atoms with Crippen LogP contribution in [0.15, 0.2) is 24.3 Å². The molecule has 1 aliphatic rings. The molecule has 24 heavy (non-hydrogen) atoms. The molecule has 0 saturated heterocycles. The third kappa shape index (κ3) is 3.09. The van der Waals surface area contributed by atoms with Crippen LogP contribution in [0.25, 0.3) is 0 Å². The number of nitrogens with two attached hydrogens (primary N) is 1. The van der Waals surface area contributed by atoms with Gasteiger partial charge >= 0.3 is 12.0 Å². The molecule has 3 N–H and O–H groups in total. The minimum Gasteiger partial charge on any atom is -0.451 e. The lowest BCUT2D eigenvalue weighted by molar-refractivity contribution is -0.157. The van der Waals surface area contributed by atoms with E-state index in [0.717, 1.165) is 4.90 Å². The Morgan fingerprint density at radius 3 is 2.04 bits per heavy atom. The normalized spacial score (nSPS) is 15.5. The number of urea groups is 1. The summed E-state index contributed by atoms with van der Waals surface area (Å²) in [7, 11) is 0. The Morgan fingerprint density at radius 2 is 1.58 bits per heavy atom. The fourth-order valence-electron chi connectivity index (χ4n) is 2.21. The first-order valence-electron chi connectivity index (χ1n) is 7.01. The SMILES string of the molecule is CC(OC(=O)C(C)N1C(=O)c2ccccc2C1=O)C(=O)NC(N)=O. The first kappa shape index (κ1) is 17.1. The summed E-state index contributed by atoms with van der Waals surface area (Å²) in [6.07, 6.45) is -1.32. The average molecular weight is 333 g/mol. The average Bonchev–Trinajstić information content (AvgIpc) is 2.78. The molecule has 0 aromatic heterocycles. The summed E-state index contributed by atoms with van der Waals surface area (Å²) in [6, 6.07) is 3.85. The number of primary amides is 1. The van der Waals surface area contributed by atoms with Crippen LogP contribution in [-0.2, 0) is 14.3 Å². The monoisotopic (exact) mass is 333 g/mol. The highest BCUT2D eigenvalue weighted by Crippen LogP contribution is 2.24. The summed E-state index contributed by atoms with van der Waals surface area (Å²) in [5.41, 5.74) is 5.19. The van der Waals surface area contributed by atoms with Crippen molar-refractivity contribution in [3.63, 3.8) is 0 Å². The Balaban J connectivity index is 2.09. The number of nitrogens with zero attached hydrogens (tertiary/aromatic N) is 1. The molecule has 126 valence electrons. The van der Waals surface area contributed by atoms with E-state index in [4.69, 9.17) is 10.5 Å². The second kappa shape index (κ2) is 6.49. The van der Waals surface area contributed by atoms with E-state index < -0.39 is 41.9 Å². The van der Waals surface area contributed by atoms with Crippen molar-refractivity contribution in [2.75, 3.05) is 0 Å². The first-order chi connectivity index (χ1) is 11.2. The van der Waals surface area contributed by atoms with Gasteiger partial charge in [-0.1, -0.05) is 12.1 Å². The van der Waals surface area contributed by atoms with Crippen molar-refractivity contribution >= 4 is 29.7 Å². The van der Waals surface area contributed by atoms with Gasteiger partial charge in [0.05, 0.1) is 11.1 Å². The van der Waals surface area contributed by atoms with Crippen molar-refractivity contribution in [2.24, 2.45) is 5.73 Å². The van der Waals surface area contributed by atoms with E-state index in [1.165, 1.54) is 26.0 Å². The third-order valence-corrected chi connectivity index (χ3v) is 3.46. The van der Waals surface area contributed by atoms with Crippen LogP contribution in [0.3, 0.4) is 0 Å². The maximum atomic E-state index is 12.3. The van der Waals surface area contributed by atoms with E-state index in [9.17, 15) is 24.0 Å². The van der Waals surface area contributed by atoms with Gasteiger partial charge in [0.15, 0.2) is 6.10 Å². The summed E-state index contributed by atoms with van der Waals surface area (Å²) < 4.78 is 4.88. The van der Waals surface area contributed by atoms with Gasteiger partial charge in [0, 0.05) is 0 Å². The van der Waals surface area contributed by atoms with Gasteiger partial charge in [-0.15, -0.1) is 0 Å². The van der Waals surface area contributed by atoms with Crippen molar-refractivity contribution in [1.82, 2.24) is 10.2 Å². The number of hydrogen-bond acceptors (Lipinski definition) is 6. The summed E-state index contributed by atoms with van der Waals surface area (Å²) in [5.74, 6) is -3.11. The Morgan fingerprint density at radius 1 is 1.08 bits per heavy atom. The van der Waals surface area contributed by atoms with Crippen LogP contribution in [0.2, 0.25) is 0 Å². The van der Waals surface area contributed by atoms with Crippen LogP contribution < -0.4 is 11.1 Å². The van der Waals surface area contributed by atoms with Gasteiger partial charge in [-0.2, -0.15) is 0 Å². The fourth-order valence-corrected chi connectivity index (χ4v) is 2.21. The van der Waals surface area contributed by atoms with E-state index in [1.54, 1.807) is 17.4 Å². The number of hydrogen-bond donors (Lipinski definition) is 2. The number of fused-ring (bicyclic) bond motifs is 1. The van der Waals surface area contributed by atoms with Crippen molar-refractivity contribution in [3.8, 4) is 0 Å². The predicted octanol–water partition coefficient (Wildman–Crippen LogP) is -0.202. The highest BCUT2D eigenvalue weighted by molar-refractivity contribution is 6.22. The Labute approximate surface area is 136 Å². The van der Waals surface area contributed by atoms with Crippen LogP contribution in [0.4, 0.5) is 4.79 Å². The second-order valence-corrected chi connectivity index (χ2v) is 5.13. The third-order valence-electron chi connectivity index (χ3n) is 3.46. The fraction of sp³-hybridized carbons (Fsp3) is 0.267. The molecular weight excluding hydrogens is 318 g/mol. The number of carbonyl (C=O) groups excluding carboxylic acids is 5. The number of ether oxygens (including phenoxy) is 1. The summed E-state index contributed by atoms with van der Waals surface area (Å²) in [6.45, 7) is 2.54. The Bertz CT molecular complexity index is 709. The van der Waals surface area contributed by atoms with E-state index in [0.29, 0.717) is 0 Å². The zero-order valence-electron chi connectivity index (χ0n) is 12.9. The summed E-state index contributed by atoms with van der Waals surface area (Å²) in [4.78, 5) is 59.5. The molecule has 5 amide bonds. The summed E-state index contributed by atoms with van der Waals surface area (Å²) in [5, 5.41) is 1.76. The largest absolute Gasteiger partial charge is 0.451 e. The zero-order chi connectivity index (χ0) is 18.0. The quantitative estimate of drug-likeness (QED) is 0.578. The number of imide groups is 2. The lowest BCUT2D eigenvalue weighted by Crippen LogP contribution is -2.47. The van der Waals surface area contributed by atoms with Crippen LogP contribution in [0.5, 0.6) is 0 Å². The Kier molecular flexibility index (Phi) is 4.63.